The van der Waals surface area contributed by atoms with Gasteiger partial charge in [0.25, 0.3) is 0 Å². The van der Waals surface area contributed by atoms with Crippen LogP contribution in [0.3, 0.4) is 0 Å². The number of unbranched alkanes of at least 4 members (excludes halogenated alkanes) is 10. The molecular formula is C31H44O3. The number of ether oxygens (including phenoxy) is 1. The fourth-order valence-corrected chi connectivity index (χ4v) is 4.13. The molecule has 2 aromatic carbocycles. The summed E-state index contributed by atoms with van der Waals surface area (Å²) in [4.78, 5) is 24.5. The minimum absolute atomic E-state index is 0.0462. The first-order valence-electron chi connectivity index (χ1n) is 13.5. The van der Waals surface area contributed by atoms with E-state index in [-0.39, 0.29) is 17.7 Å². The van der Waals surface area contributed by atoms with Crippen molar-refractivity contribution in [3.63, 3.8) is 0 Å². The molecule has 2 rings (SSSR count). The molecule has 0 aliphatic rings. The summed E-state index contributed by atoms with van der Waals surface area (Å²) in [6.45, 7) is 6.25. The molecule has 0 aliphatic carbocycles. The van der Waals surface area contributed by atoms with Crippen molar-refractivity contribution in [3.05, 3.63) is 54.1 Å². The van der Waals surface area contributed by atoms with Gasteiger partial charge in [0.05, 0.1) is 0 Å². The molecular weight excluding hydrogens is 420 g/mol. The summed E-state index contributed by atoms with van der Waals surface area (Å²) in [6, 6.07) is 15.3. The Balaban J connectivity index is 1.65. The normalized spacial score (nSPS) is 11.9. The predicted octanol–water partition coefficient (Wildman–Crippen LogP) is 9.19. The van der Waals surface area contributed by atoms with Crippen LogP contribution in [0.4, 0.5) is 0 Å². The highest BCUT2D eigenvalue weighted by Crippen LogP contribution is 2.24. The van der Waals surface area contributed by atoms with Crippen LogP contribution in [0.5, 0.6) is 5.75 Å². The van der Waals surface area contributed by atoms with Gasteiger partial charge in [-0.2, -0.15) is 0 Å². The molecule has 34 heavy (non-hydrogen) atoms. The van der Waals surface area contributed by atoms with Gasteiger partial charge in [0.1, 0.15) is 5.75 Å². The third-order valence-corrected chi connectivity index (χ3v) is 6.63. The molecule has 0 aliphatic heterocycles. The molecule has 3 heteroatoms. The quantitative estimate of drug-likeness (QED) is 0.101. The number of hydrogen-bond acceptors (Lipinski definition) is 3. The Bertz CT molecular complexity index is 836. The van der Waals surface area contributed by atoms with Gasteiger partial charge in [-0.15, -0.1) is 0 Å². The molecule has 0 N–H and O–H groups in total. The van der Waals surface area contributed by atoms with Gasteiger partial charge in [-0.1, -0.05) is 121 Å². The fraction of sp³-hybridized carbons (Fsp3) is 0.548. The van der Waals surface area contributed by atoms with Gasteiger partial charge in [-0.25, -0.2) is 0 Å². The van der Waals surface area contributed by atoms with E-state index in [0.29, 0.717) is 12.2 Å². The van der Waals surface area contributed by atoms with Crippen LogP contribution in [0.1, 0.15) is 115 Å². The Hall–Kier alpha value is -2.42. The molecule has 0 saturated heterocycles. The van der Waals surface area contributed by atoms with Crippen molar-refractivity contribution in [2.24, 2.45) is 5.92 Å². The fourth-order valence-electron chi connectivity index (χ4n) is 4.13. The second-order valence-corrected chi connectivity index (χ2v) is 9.53. The Morgan fingerprint density at radius 3 is 1.65 bits per heavy atom. The molecule has 3 nitrogen and oxygen atoms in total. The number of ketones is 1. The number of hydrogen-bond donors (Lipinski definition) is 0. The van der Waals surface area contributed by atoms with Gasteiger partial charge in [-0.05, 0) is 36.1 Å². The van der Waals surface area contributed by atoms with Crippen molar-refractivity contribution in [2.75, 3.05) is 0 Å². The molecule has 0 saturated carbocycles. The van der Waals surface area contributed by atoms with Gasteiger partial charge in [-0.3, -0.25) is 9.59 Å². The zero-order chi connectivity index (χ0) is 24.6. The molecule has 0 heterocycles. The van der Waals surface area contributed by atoms with E-state index in [1.165, 1.54) is 57.8 Å². The van der Waals surface area contributed by atoms with Crippen LogP contribution in [-0.4, -0.2) is 11.8 Å². The topological polar surface area (TPSA) is 43.4 Å². The maximum atomic E-state index is 12.3. The van der Waals surface area contributed by atoms with Gasteiger partial charge < -0.3 is 4.74 Å². The summed E-state index contributed by atoms with van der Waals surface area (Å²) in [7, 11) is 0. The maximum absolute atomic E-state index is 12.3. The molecule has 0 aromatic heterocycles. The molecule has 0 fully saturated rings. The number of Topliss-reactive ketones (excluding diaryl/α,β-unsaturated/α-hetero) is 1. The molecule has 0 spiro atoms. The maximum Gasteiger partial charge on any atom is 0.311 e. The molecule has 2 aromatic rings. The van der Waals surface area contributed by atoms with E-state index in [1.807, 2.05) is 62.4 Å². The molecule has 1 unspecified atom stereocenters. The van der Waals surface area contributed by atoms with Crippen LogP contribution in [0, 0.1) is 5.92 Å². The van der Waals surface area contributed by atoms with Crippen molar-refractivity contribution in [1.82, 2.24) is 0 Å². The zero-order valence-corrected chi connectivity index (χ0v) is 21.6. The van der Waals surface area contributed by atoms with Crippen LogP contribution in [0.15, 0.2) is 48.5 Å². The van der Waals surface area contributed by atoms with E-state index in [4.69, 9.17) is 4.74 Å². The molecule has 0 amide bonds. The summed E-state index contributed by atoms with van der Waals surface area (Å²) < 4.78 is 5.50. The zero-order valence-electron chi connectivity index (χ0n) is 21.6. The number of carbonyl (C=O) groups is 2. The first kappa shape index (κ1) is 27.8. The summed E-state index contributed by atoms with van der Waals surface area (Å²) in [5.74, 6) is 0.663. The first-order chi connectivity index (χ1) is 16.5. The summed E-state index contributed by atoms with van der Waals surface area (Å²) in [5, 5.41) is 0. The minimum atomic E-state index is -0.156. The summed E-state index contributed by atoms with van der Waals surface area (Å²) in [5.41, 5.74) is 2.83. The lowest BCUT2D eigenvalue weighted by molar-refractivity contribution is -0.134. The Kier molecular flexibility index (Phi) is 13.3. The summed E-state index contributed by atoms with van der Waals surface area (Å²) >= 11 is 0. The van der Waals surface area contributed by atoms with Gasteiger partial charge in [0.15, 0.2) is 5.78 Å². The third-order valence-electron chi connectivity index (χ3n) is 6.63. The molecule has 1 atom stereocenters. The highest BCUT2D eigenvalue weighted by atomic mass is 16.5. The number of rotatable bonds is 17. The van der Waals surface area contributed by atoms with Crippen molar-refractivity contribution >= 4 is 11.8 Å². The van der Waals surface area contributed by atoms with Crippen molar-refractivity contribution in [1.29, 1.82) is 0 Å². The highest BCUT2D eigenvalue weighted by Gasteiger charge is 2.13. The van der Waals surface area contributed by atoms with Crippen LogP contribution >= 0.6 is 0 Å². The number of carbonyl (C=O) groups excluding carboxylic acids is 2. The van der Waals surface area contributed by atoms with Gasteiger partial charge >= 0.3 is 5.97 Å². The van der Waals surface area contributed by atoms with E-state index >= 15 is 0 Å². The van der Waals surface area contributed by atoms with Crippen molar-refractivity contribution in [3.8, 4) is 16.9 Å². The minimum Gasteiger partial charge on any atom is -0.427 e. The Morgan fingerprint density at radius 2 is 1.15 bits per heavy atom. The second kappa shape index (κ2) is 16.2. The Morgan fingerprint density at radius 1 is 0.676 bits per heavy atom. The van der Waals surface area contributed by atoms with Crippen LogP contribution in [-0.2, 0) is 4.79 Å². The molecule has 0 bridgehead atoms. The Labute approximate surface area is 207 Å². The van der Waals surface area contributed by atoms with E-state index < -0.39 is 0 Å². The standard InChI is InChI=1S/C31H44O3/c1-4-6-7-8-9-10-11-12-13-14-15-16-30(32)34-29-23-21-27(22-24-29)26-17-19-28(20-18-26)31(33)25(3)5-2/h17-25H,4-16H2,1-3H3. The lowest BCUT2D eigenvalue weighted by Crippen LogP contribution is -2.09. The lowest BCUT2D eigenvalue weighted by Gasteiger charge is -2.09. The van der Waals surface area contributed by atoms with Crippen LogP contribution < -0.4 is 4.74 Å². The van der Waals surface area contributed by atoms with Crippen molar-refractivity contribution in [2.45, 2.75) is 104 Å². The number of esters is 1. The summed E-state index contributed by atoms with van der Waals surface area (Å²) in [6.07, 6.45) is 15.3. The molecule has 0 radical (unpaired) electrons. The van der Waals surface area contributed by atoms with E-state index in [9.17, 15) is 9.59 Å². The van der Waals surface area contributed by atoms with Gasteiger partial charge in [0, 0.05) is 17.9 Å². The van der Waals surface area contributed by atoms with E-state index in [1.54, 1.807) is 0 Å². The monoisotopic (exact) mass is 464 g/mol. The molecule has 186 valence electrons. The van der Waals surface area contributed by atoms with E-state index in [0.717, 1.165) is 36.0 Å². The largest absolute Gasteiger partial charge is 0.427 e. The average molecular weight is 465 g/mol. The predicted molar refractivity (Wildman–Crippen MR) is 142 cm³/mol. The van der Waals surface area contributed by atoms with Gasteiger partial charge in [0.2, 0.25) is 0 Å². The van der Waals surface area contributed by atoms with Crippen LogP contribution in [0.25, 0.3) is 11.1 Å². The van der Waals surface area contributed by atoms with Crippen LogP contribution in [0.2, 0.25) is 0 Å². The third kappa shape index (κ3) is 10.2. The first-order valence-corrected chi connectivity index (χ1v) is 13.5. The average Bonchev–Trinajstić information content (AvgIpc) is 2.87. The number of benzene rings is 2. The SMILES string of the molecule is CCCCCCCCCCCCCC(=O)Oc1ccc(-c2ccc(C(=O)C(C)CC)cc2)cc1. The highest BCUT2D eigenvalue weighted by molar-refractivity contribution is 5.98. The second-order valence-electron chi connectivity index (χ2n) is 9.53. The smallest absolute Gasteiger partial charge is 0.311 e. The van der Waals surface area contributed by atoms with Crippen molar-refractivity contribution < 1.29 is 14.3 Å². The lowest BCUT2D eigenvalue weighted by atomic mass is 9.95. The van der Waals surface area contributed by atoms with E-state index in [2.05, 4.69) is 6.92 Å².